The Hall–Kier alpha value is -0.650. The van der Waals surface area contributed by atoms with Gasteiger partial charge in [0.15, 0.2) is 0 Å². The number of carbonyl (C=O) groups is 1. The zero-order valence-electron chi connectivity index (χ0n) is 11.1. The van der Waals surface area contributed by atoms with Crippen LogP contribution in [0.4, 0.5) is 0 Å². The van der Waals surface area contributed by atoms with Crippen molar-refractivity contribution in [3.8, 4) is 0 Å². The number of piperazine rings is 1. The van der Waals surface area contributed by atoms with Gasteiger partial charge in [-0.3, -0.25) is 9.69 Å². The van der Waals surface area contributed by atoms with Crippen LogP contribution in [-0.4, -0.2) is 60.4 Å². The summed E-state index contributed by atoms with van der Waals surface area (Å²) in [7, 11) is 0. The highest BCUT2D eigenvalue weighted by molar-refractivity contribution is 5.76. The highest BCUT2D eigenvalue weighted by Crippen LogP contribution is 2.25. The van der Waals surface area contributed by atoms with Crippen molar-refractivity contribution >= 4 is 5.97 Å². The number of nitrogens with one attached hydrogen (secondary N) is 1. The number of nitrogens with zero attached hydrogens (tertiary/aromatic N) is 1. The summed E-state index contributed by atoms with van der Waals surface area (Å²) < 4.78 is 5.14. The number of rotatable bonds is 3. The molecule has 1 heterocycles. The lowest BCUT2D eigenvalue weighted by atomic mass is 9.90. The lowest BCUT2D eigenvalue weighted by molar-refractivity contribution is -0.153. The van der Waals surface area contributed by atoms with Gasteiger partial charge in [-0.15, -0.1) is 0 Å². The van der Waals surface area contributed by atoms with Crippen LogP contribution in [0, 0.1) is 0 Å². The highest BCUT2D eigenvalue weighted by Gasteiger charge is 2.38. The minimum absolute atomic E-state index is 0.121. The topological polar surface area (TPSA) is 61.8 Å². The third-order valence-electron chi connectivity index (χ3n) is 3.96. The van der Waals surface area contributed by atoms with Crippen LogP contribution < -0.4 is 5.32 Å². The number of esters is 1. The molecule has 104 valence electrons. The summed E-state index contributed by atoms with van der Waals surface area (Å²) in [5.41, 5.74) is 0. The number of hydrogen-bond acceptors (Lipinski definition) is 5. The molecule has 18 heavy (non-hydrogen) atoms. The molecule has 2 rings (SSSR count). The monoisotopic (exact) mass is 256 g/mol. The van der Waals surface area contributed by atoms with Crippen LogP contribution in [0.3, 0.4) is 0 Å². The van der Waals surface area contributed by atoms with E-state index in [9.17, 15) is 9.90 Å². The van der Waals surface area contributed by atoms with E-state index in [2.05, 4.69) is 10.2 Å². The van der Waals surface area contributed by atoms with Crippen molar-refractivity contribution in [2.24, 2.45) is 0 Å². The van der Waals surface area contributed by atoms with Crippen molar-refractivity contribution in [3.63, 3.8) is 0 Å². The summed E-state index contributed by atoms with van der Waals surface area (Å²) in [6.07, 6.45) is 3.77. The first kappa shape index (κ1) is 13.8. The van der Waals surface area contributed by atoms with Gasteiger partial charge in [0, 0.05) is 25.7 Å². The maximum absolute atomic E-state index is 12.0. The summed E-state index contributed by atoms with van der Waals surface area (Å²) in [6.45, 7) is 4.55. The zero-order chi connectivity index (χ0) is 13.0. The Balaban J connectivity index is 2.04. The molecule has 0 aromatic carbocycles. The maximum atomic E-state index is 12.0. The van der Waals surface area contributed by atoms with Gasteiger partial charge in [-0.05, 0) is 19.8 Å². The van der Waals surface area contributed by atoms with Crippen LogP contribution in [0.1, 0.15) is 32.6 Å². The molecule has 5 heteroatoms. The Morgan fingerprint density at radius 3 is 2.94 bits per heavy atom. The molecule has 1 aliphatic heterocycles. The van der Waals surface area contributed by atoms with Crippen LogP contribution in [0.2, 0.25) is 0 Å². The predicted octanol–water partition coefficient (Wildman–Crippen LogP) is 0.127. The summed E-state index contributed by atoms with van der Waals surface area (Å²) in [4.78, 5) is 14.1. The van der Waals surface area contributed by atoms with Gasteiger partial charge in [0.1, 0.15) is 6.04 Å². The summed E-state index contributed by atoms with van der Waals surface area (Å²) in [5.74, 6) is -0.164. The van der Waals surface area contributed by atoms with E-state index in [1.54, 1.807) is 0 Å². The van der Waals surface area contributed by atoms with Crippen LogP contribution in [-0.2, 0) is 9.53 Å². The van der Waals surface area contributed by atoms with Gasteiger partial charge < -0.3 is 15.2 Å². The number of aliphatic hydroxyl groups is 1. The summed E-state index contributed by atoms with van der Waals surface area (Å²) in [6, 6.07) is -0.119. The molecule has 0 spiro atoms. The van der Waals surface area contributed by atoms with E-state index in [0.717, 1.165) is 38.8 Å². The van der Waals surface area contributed by atoms with E-state index in [1.165, 1.54) is 0 Å². The highest BCUT2D eigenvalue weighted by atomic mass is 16.5. The lowest BCUT2D eigenvalue weighted by Crippen LogP contribution is -2.61. The fourth-order valence-corrected chi connectivity index (χ4v) is 3.05. The Morgan fingerprint density at radius 1 is 1.44 bits per heavy atom. The number of carbonyl (C=O) groups excluding carboxylic acids is 1. The number of ether oxygens (including phenoxy) is 1. The van der Waals surface area contributed by atoms with Crippen molar-refractivity contribution < 1.29 is 14.6 Å². The second-order valence-corrected chi connectivity index (χ2v) is 5.13. The lowest BCUT2D eigenvalue weighted by Gasteiger charge is -2.43. The average Bonchev–Trinajstić information content (AvgIpc) is 2.40. The second kappa shape index (κ2) is 6.50. The molecule has 1 aliphatic carbocycles. The Labute approximate surface area is 108 Å². The van der Waals surface area contributed by atoms with E-state index < -0.39 is 0 Å². The molecule has 3 atom stereocenters. The van der Waals surface area contributed by atoms with Gasteiger partial charge in [0.25, 0.3) is 0 Å². The van der Waals surface area contributed by atoms with Crippen molar-refractivity contribution in [3.05, 3.63) is 0 Å². The smallest absolute Gasteiger partial charge is 0.324 e. The normalized spacial score (nSPS) is 34.2. The standard InChI is InChI=1S/C13H24N2O3/c1-2-18-13(17)11-9-14-7-8-15(11)10-5-3-4-6-12(10)16/h10-12,14,16H,2-9H2,1H3. The summed E-state index contributed by atoms with van der Waals surface area (Å²) >= 11 is 0. The molecule has 0 aromatic heterocycles. The largest absolute Gasteiger partial charge is 0.465 e. The van der Waals surface area contributed by atoms with Crippen LogP contribution in [0.15, 0.2) is 0 Å². The SMILES string of the molecule is CCOC(=O)C1CNCCN1C1CCCCC1O. The third kappa shape index (κ3) is 3.02. The quantitative estimate of drug-likeness (QED) is 0.703. The maximum Gasteiger partial charge on any atom is 0.324 e. The van der Waals surface area contributed by atoms with Crippen molar-refractivity contribution in [1.82, 2.24) is 10.2 Å². The van der Waals surface area contributed by atoms with Crippen molar-refractivity contribution in [2.45, 2.75) is 50.8 Å². The molecule has 2 N–H and O–H groups in total. The molecule has 1 saturated carbocycles. The third-order valence-corrected chi connectivity index (χ3v) is 3.96. The van der Waals surface area contributed by atoms with E-state index in [0.29, 0.717) is 13.2 Å². The second-order valence-electron chi connectivity index (χ2n) is 5.13. The fourth-order valence-electron chi connectivity index (χ4n) is 3.05. The first-order chi connectivity index (χ1) is 8.74. The van der Waals surface area contributed by atoms with Gasteiger partial charge in [0.2, 0.25) is 0 Å². The molecule has 0 radical (unpaired) electrons. The average molecular weight is 256 g/mol. The fraction of sp³-hybridized carbons (Fsp3) is 0.923. The minimum atomic E-state index is -0.297. The van der Waals surface area contributed by atoms with Gasteiger partial charge in [-0.1, -0.05) is 12.8 Å². The minimum Gasteiger partial charge on any atom is -0.465 e. The molecule has 0 bridgehead atoms. The molecular formula is C13H24N2O3. The molecule has 1 saturated heterocycles. The predicted molar refractivity (Wildman–Crippen MR) is 68.3 cm³/mol. The van der Waals surface area contributed by atoms with Gasteiger partial charge in [0.05, 0.1) is 12.7 Å². The summed E-state index contributed by atoms with van der Waals surface area (Å²) in [5, 5.41) is 13.4. The Kier molecular flexibility index (Phi) is 4.97. The number of aliphatic hydroxyl groups excluding tert-OH is 1. The molecule has 0 aromatic rings. The molecule has 5 nitrogen and oxygen atoms in total. The van der Waals surface area contributed by atoms with E-state index in [-0.39, 0.29) is 24.2 Å². The van der Waals surface area contributed by atoms with Crippen molar-refractivity contribution in [1.29, 1.82) is 0 Å². The number of hydrogen-bond donors (Lipinski definition) is 2. The molecule has 0 amide bonds. The van der Waals surface area contributed by atoms with Gasteiger partial charge >= 0.3 is 5.97 Å². The van der Waals surface area contributed by atoms with E-state index in [1.807, 2.05) is 6.92 Å². The molecule has 3 unspecified atom stereocenters. The Morgan fingerprint density at radius 2 is 2.22 bits per heavy atom. The van der Waals surface area contributed by atoms with Crippen LogP contribution in [0.5, 0.6) is 0 Å². The van der Waals surface area contributed by atoms with Crippen molar-refractivity contribution in [2.75, 3.05) is 26.2 Å². The molecule has 2 fully saturated rings. The van der Waals surface area contributed by atoms with Gasteiger partial charge in [-0.25, -0.2) is 0 Å². The van der Waals surface area contributed by atoms with Gasteiger partial charge in [-0.2, -0.15) is 0 Å². The van der Waals surface area contributed by atoms with E-state index in [4.69, 9.17) is 4.74 Å². The first-order valence-corrected chi connectivity index (χ1v) is 7.05. The molecular weight excluding hydrogens is 232 g/mol. The first-order valence-electron chi connectivity index (χ1n) is 7.05. The molecule has 2 aliphatic rings. The zero-order valence-corrected chi connectivity index (χ0v) is 11.1. The van der Waals surface area contributed by atoms with Crippen LogP contribution >= 0.6 is 0 Å². The Bertz CT molecular complexity index is 285. The van der Waals surface area contributed by atoms with Crippen LogP contribution in [0.25, 0.3) is 0 Å². The van der Waals surface area contributed by atoms with E-state index >= 15 is 0 Å².